The minimum atomic E-state index is 0.849. The van der Waals surface area contributed by atoms with E-state index < -0.39 is 0 Å². The van der Waals surface area contributed by atoms with Gasteiger partial charge in [0.05, 0.1) is 27.8 Å². The largest absolute Gasteiger partial charge is 0.454 e. The first-order valence-electron chi connectivity index (χ1n) is 21.7. The van der Waals surface area contributed by atoms with Crippen LogP contribution in [0, 0.1) is 0 Å². The quantitative estimate of drug-likeness (QED) is 0.188. The molecule has 0 bridgehead atoms. The van der Waals surface area contributed by atoms with Crippen LogP contribution in [0.25, 0.3) is 136 Å². The molecular weight excluding hydrogens is 799 g/mol. The molecule has 5 heteroatoms. The van der Waals surface area contributed by atoms with Gasteiger partial charge < -0.3 is 14.0 Å². The van der Waals surface area contributed by atoms with Crippen LogP contribution in [0.1, 0.15) is 0 Å². The predicted molar refractivity (Wildman–Crippen MR) is 270 cm³/mol. The molecule has 0 saturated carbocycles. The van der Waals surface area contributed by atoms with Crippen molar-refractivity contribution in [2.75, 3.05) is 0 Å². The summed E-state index contributed by atoms with van der Waals surface area (Å²) in [5.41, 5.74) is 16.1. The van der Waals surface area contributed by atoms with Gasteiger partial charge in [-0.15, -0.1) is 11.3 Å². The predicted octanol–water partition coefficient (Wildman–Crippen LogP) is 16.7. The summed E-state index contributed by atoms with van der Waals surface area (Å²) in [4.78, 5) is 8.61. The van der Waals surface area contributed by atoms with Gasteiger partial charge in [0.25, 0.3) is 0 Å². The number of benzene rings is 9. The molecule has 0 aliphatic rings. The highest BCUT2D eigenvalue weighted by Crippen LogP contribution is 2.46. The molecule has 0 fully saturated rings. The molecule has 0 saturated heterocycles. The number of pyridine rings is 1. The first-order chi connectivity index (χ1) is 31.7. The average molecular weight is 834 g/mol. The van der Waals surface area contributed by atoms with Gasteiger partial charge in [-0.05, 0) is 94.0 Å². The molecule has 4 nitrogen and oxygen atoms in total. The molecule has 9 aromatic carbocycles. The maximum absolute atomic E-state index is 7.17. The van der Waals surface area contributed by atoms with Gasteiger partial charge in [-0.2, -0.15) is 0 Å². The Balaban J connectivity index is 0.979. The summed E-state index contributed by atoms with van der Waals surface area (Å²) in [5, 5.41) is 9.45. The number of aromatic nitrogens is 3. The fourth-order valence-corrected chi connectivity index (χ4v) is 11.4. The van der Waals surface area contributed by atoms with E-state index >= 15 is 0 Å². The van der Waals surface area contributed by atoms with E-state index in [2.05, 4.69) is 204 Å². The SMILES string of the molecule is c1ccc(-c2cc(-c3c[nH]c4c3ccc3ncc(-c5ccccc5)cc34)c3c(c2)oc2c(-n4c5ccccc5c5cc(-c6ccc7c(c6)sc6ccccc67)ccc54)cccc23)cc1. The Kier molecular flexibility index (Phi) is 7.53. The van der Waals surface area contributed by atoms with Crippen molar-refractivity contribution in [3.8, 4) is 50.2 Å². The number of thiophene rings is 1. The monoisotopic (exact) mass is 833 g/mol. The number of aromatic amines is 1. The van der Waals surface area contributed by atoms with Gasteiger partial charge in [0.1, 0.15) is 5.58 Å². The van der Waals surface area contributed by atoms with Gasteiger partial charge in [-0.3, -0.25) is 4.98 Å². The van der Waals surface area contributed by atoms with Crippen LogP contribution in [0.2, 0.25) is 0 Å². The molecule has 0 aliphatic heterocycles. The van der Waals surface area contributed by atoms with Crippen molar-refractivity contribution in [1.29, 1.82) is 0 Å². The van der Waals surface area contributed by atoms with Crippen LogP contribution >= 0.6 is 11.3 Å². The molecule has 298 valence electrons. The minimum absolute atomic E-state index is 0.849. The van der Waals surface area contributed by atoms with Crippen molar-refractivity contribution < 1.29 is 4.42 Å². The van der Waals surface area contributed by atoms with Gasteiger partial charge in [0.15, 0.2) is 5.58 Å². The first kappa shape index (κ1) is 35.4. The van der Waals surface area contributed by atoms with Crippen LogP contribution in [0.5, 0.6) is 0 Å². The third kappa shape index (κ3) is 5.25. The standard InChI is InChI=1S/C59H35N3OS/c1-3-12-35(13-4-1)39-29-47(49-34-61-58-44(49)25-26-50-48(58)30-40(33-60-50)36-14-5-2-6-15-36)57-45-18-11-20-53(59(45)63-54(57)31-39)62-51-19-9-7-16-41(51)46-28-37(23-27-52(46)62)38-22-24-43-42-17-8-10-21-55(42)64-56(43)32-38/h1-34,61H. The summed E-state index contributed by atoms with van der Waals surface area (Å²) in [6.45, 7) is 0. The Bertz CT molecular complexity index is 4190. The number of furan rings is 1. The zero-order valence-corrected chi connectivity index (χ0v) is 35.2. The van der Waals surface area contributed by atoms with E-state index in [9.17, 15) is 0 Å². The van der Waals surface area contributed by atoms with Crippen LogP contribution < -0.4 is 0 Å². The molecule has 14 rings (SSSR count). The van der Waals surface area contributed by atoms with Gasteiger partial charge in [-0.1, -0.05) is 133 Å². The van der Waals surface area contributed by atoms with E-state index in [-0.39, 0.29) is 0 Å². The molecule has 5 aromatic heterocycles. The molecule has 0 spiro atoms. The van der Waals surface area contributed by atoms with Crippen LogP contribution in [-0.4, -0.2) is 14.5 Å². The molecule has 1 N–H and O–H groups in total. The third-order valence-electron chi connectivity index (χ3n) is 13.2. The Morgan fingerprint density at radius 1 is 0.438 bits per heavy atom. The van der Waals surface area contributed by atoms with E-state index in [1.807, 2.05) is 23.6 Å². The third-order valence-corrected chi connectivity index (χ3v) is 14.4. The highest BCUT2D eigenvalue weighted by Gasteiger charge is 2.23. The molecule has 0 atom stereocenters. The van der Waals surface area contributed by atoms with Crippen molar-refractivity contribution in [3.63, 3.8) is 0 Å². The lowest BCUT2D eigenvalue weighted by Crippen LogP contribution is -1.94. The van der Waals surface area contributed by atoms with Crippen molar-refractivity contribution in [1.82, 2.24) is 14.5 Å². The highest BCUT2D eigenvalue weighted by atomic mass is 32.1. The summed E-state index contributed by atoms with van der Waals surface area (Å²) >= 11 is 1.86. The molecular formula is C59H35N3OS. The van der Waals surface area contributed by atoms with Crippen LogP contribution in [0.15, 0.2) is 211 Å². The Morgan fingerprint density at radius 3 is 2.00 bits per heavy atom. The molecule has 0 amide bonds. The average Bonchev–Trinajstić information content (AvgIpc) is 4.14. The van der Waals surface area contributed by atoms with Gasteiger partial charge in [-0.25, -0.2) is 0 Å². The van der Waals surface area contributed by atoms with E-state index in [1.54, 1.807) is 0 Å². The van der Waals surface area contributed by atoms with Crippen LogP contribution in [0.4, 0.5) is 0 Å². The number of nitrogens with one attached hydrogen (secondary N) is 1. The fourth-order valence-electron chi connectivity index (χ4n) is 10.2. The molecule has 64 heavy (non-hydrogen) atoms. The molecule has 14 aromatic rings. The Labute approximate surface area is 370 Å². The van der Waals surface area contributed by atoms with Gasteiger partial charge >= 0.3 is 0 Å². The summed E-state index contributed by atoms with van der Waals surface area (Å²) in [6.07, 6.45) is 4.13. The first-order valence-corrected chi connectivity index (χ1v) is 22.5. The minimum Gasteiger partial charge on any atom is -0.454 e. The van der Waals surface area contributed by atoms with Crippen molar-refractivity contribution in [3.05, 3.63) is 207 Å². The van der Waals surface area contributed by atoms with Crippen molar-refractivity contribution >= 4 is 97.1 Å². The zero-order valence-electron chi connectivity index (χ0n) is 34.3. The second-order valence-corrected chi connectivity index (χ2v) is 17.8. The van der Waals surface area contributed by atoms with Gasteiger partial charge in [0, 0.05) is 76.0 Å². The van der Waals surface area contributed by atoms with Crippen LogP contribution in [-0.2, 0) is 0 Å². The second kappa shape index (κ2) is 13.6. The number of hydrogen-bond donors (Lipinski definition) is 1. The number of hydrogen-bond acceptors (Lipinski definition) is 3. The molecule has 0 aliphatic carbocycles. The lowest BCUT2D eigenvalue weighted by molar-refractivity contribution is 0.666. The normalized spacial score (nSPS) is 12.1. The zero-order chi connectivity index (χ0) is 41.9. The number of H-pyrrole nitrogens is 1. The molecule has 0 radical (unpaired) electrons. The van der Waals surface area contributed by atoms with E-state index in [0.717, 1.165) is 93.8 Å². The van der Waals surface area contributed by atoms with Crippen molar-refractivity contribution in [2.45, 2.75) is 0 Å². The second-order valence-electron chi connectivity index (χ2n) is 16.8. The maximum atomic E-state index is 7.17. The Hall–Kier alpha value is -8.25. The highest BCUT2D eigenvalue weighted by molar-refractivity contribution is 7.25. The summed E-state index contributed by atoms with van der Waals surface area (Å²) in [5.74, 6) is 0. The van der Waals surface area contributed by atoms with Crippen LogP contribution in [0.3, 0.4) is 0 Å². The Morgan fingerprint density at radius 2 is 1.12 bits per heavy atom. The number of para-hydroxylation sites is 2. The maximum Gasteiger partial charge on any atom is 0.159 e. The summed E-state index contributed by atoms with van der Waals surface area (Å²) in [7, 11) is 0. The molecule has 0 unspecified atom stereocenters. The van der Waals surface area contributed by atoms with Crippen molar-refractivity contribution in [2.24, 2.45) is 0 Å². The lowest BCUT2D eigenvalue weighted by atomic mass is 9.93. The number of fused-ring (bicyclic) bond motifs is 12. The topological polar surface area (TPSA) is 46.8 Å². The van der Waals surface area contributed by atoms with E-state index in [4.69, 9.17) is 9.40 Å². The molecule has 5 heterocycles. The van der Waals surface area contributed by atoms with Gasteiger partial charge in [0.2, 0.25) is 0 Å². The number of nitrogens with zero attached hydrogens (tertiary/aromatic N) is 2. The van der Waals surface area contributed by atoms with E-state index in [0.29, 0.717) is 0 Å². The smallest absolute Gasteiger partial charge is 0.159 e. The lowest BCUT2D eigenvalue weighted by Gasteiger charge is -2.10. The summed E-state index contributed by atoms with van der Waals surface area (Å²) < 4.78 is 12.2. The van der Waals surface area contributed by atoms with E-state index in [1.165, 1.54) is 42.1 Å². The number of rotatable bonds is 5. The fraction of sp³-hybridized carbons (Fsp3) is 0. The summed E-state index contributed by atoms with van der Waals surface area (Å²) in [6, 6.07) is 70.1.